The van der Waals surface area contributed by atoms with Gasteiger partial charge in [0, 0.05) is 44.0 Å². The molecule has 0 bridgehead atoms. The van der Waals surface area contributed by atoms with Crippen molar-refractivity contribution in [1.82, 2.24) is 10.1 Å². The molecule has 0 unspecified atom stereocenters. The molecule has 0 radical (unpaired) electrons. The van der Waals surface area contributed by atoms with Crippen LogP contribution in [0.2, 0.25) is 0 Å². The Hall–Kier alpha value is -3.55. The molecular formula is C21H23N5O3. The van der Waals surface area contributed by atoms with E-state index in [0.717, 1.165) is 43.4 Å². The molecule has 3 aromatic rings. The molecule has 0 aliphatic carbocycles. The van der Waals surface area contributed by atoms with E-state index in [1.165, 1.54) is 0 Å². The highest BCUT2D eigenvalue weighted by Gasteiger charge is 2.21. The number of ether oxygens (including phenoxy) is 1. The van der Waals surface area contributed by atoms with Crippen LogP contribution in [0.3, 0.4) is 0 Å². The van der Waals surface area contributed by atoms with Crippen molar-refractivity contribution in [3.05, 3.63) is 60.0 Å². The Morgan fingerprint density at radius 2 is 1.86 bits per heavy atom. The number of methoxy groups -OCH3 is 1. The van der Waals surface area contributed by atoms with Crippen LogP contribution in [-0.4, -0.2) is 49.3 Å². The number of hydrogen-bond acceptors (Lipinski definition) is 7. The summed E-state index contributed by atoms with van der Waals surface area (Å²) in [5.74, 6) is 2.46. The normalized spacial score (nSPS) is 14.0. The molecule has 0 atom stereocenters. The first-order chi connectivity index (χ1) is 14.1. The van der Waals surface area contributed by atoms with Gasteiger partial charge in [-0.25, -0.2) is 4.98 Å². The van der Waals surface area contributed by atoms with Crippen LogP contribution >= 0.6 is 0 Å². The predicted octanol–water partition coefficient (Wildman–Crippen LogP) is 2.97. The number of aromatic nitrogens is 2. The van der Waals surface area contributed by atoms with Crippen LogP contribution in [0, 0.1) is 6.92 Å². The zero-order valence-corrected chi connectivity index (χ0v) is 16.5. The smallest absolute Gasteiger partial charge is 0.257 e. The van der Waals surface area contributed by atoms with E-state index < -0.39 is 0 Å². The number of anilines is 3. The van der Waals surface area contributed by atoms with Crippen molar-refractivity contribution < 1.29 is 14.1 Å². The molecule has 150 valence electrons. The molecule has 0 spiro atoms. The summed E-state index contributed by atoms with van der Waals surface area (Å²) >= 11 is 0. The first kappa shape index (κ1) is 18.8. The van der Waals surface area contributed by atoms with Crippen LogP contribution in [0.1, 0.15) is 16.1 Å². The van der Waals surface area contributed by atoms with E-state index in [0.29, 0.717) is 17.1 Å². The number of carbonyl (C=O) groups is 1. The molecular weight excluding hydrogens is 370 g/mol. The Morgan fingerprint density at radius 3 is 2.59 bits per heavy atom. The third kappa shape index (κ3) is 4.16. The van der Waals surface area contributed by atoms with Gasteiger partial charge >= 0.3 is 0 Å². The number of pyridine rings is 1. The molecule has 1 N–H and O–H groups in total. The largest absolute Gasteiger partial charge is 0.495 e. The fraction of sp³-hybridized carbons (Fsp3) is 0.286. The Morgan fingerprint density at radius 1 is 1.10 bits per heavy atom. The quantitative estimate of drug-likeness (QED) is 0.713. The lowest BCUT2D eigenvalue weighted by molar-refractivity contribution is 0.102. The fourth-order valence-corrected chi connectivity index (χ4v) is 3.41. The summed E-state index contributed by atoms with van der Waals surface area (Å²) in [6, 6.07) is 13.2. The average Bonchev–Trinajstić information content (AvgIpc) is 3.18. The van der Waals surface area contributed by atoms with Gasteiger partial charge in [0.15, 0.2) is 5.82 Å². The highest BCUT2D eigenvalue weighted by molar-refractivity contribution is 6.04. The molecule has 1 fully saturated rings. The van der Waals surface area contributed by atoms with E-state index in [2.05, 4.69) is 31.3 Å². The molecule has 0 saturated carbocycles. The monoisotopic (exact) mass is 393 g/mol. The van der Waals surface area contributed by atoms with Gasteiger partial charge in [0.1, 0.15) is 17.3 Å². The van der Waals surface area contributed by atoms with Gasteiger partial charge in [-0.3, -0.25) is 4.79 Å². The van der Waals surface area contributed by atoms with Crippen LogP contribution in [-0.2, 0) is 0 Å². The lowest BCUT2D eigenvalue weighted by atomic mass is 10.2. The van der Waals surface area contributed by atoms with Gasteiger partial charge < -0.3 is 24.4 Å². The topological polar surface area (TPSA) is 83.7 Å². The van der Waals surface area contributed by atoms with Crippen molar-refractivity contribution in [2.75, 3.05) is 48.4 Å². The molecule has 8 nitrogen and oxygen atoms in total. The Balaban J connectivity index is 1.42. The van der Waals surface area contributed by atoms with E-state index in [4.69, 9.17) is 9.26 Å². The lowest BCUT2D eigenvalue weighted by Gasteiger charge is -2.37. The van der Waals surface area contributed by atoms with Crippen LogP contribution in [0.5, 0.6) is 5.75 Å². The summed E-state index contributed by atoms with van der Waals surface area (Å²) in [5, 5.41) is 6.53. The maximum atomic E-state index is 12.5. The average molecular weight is 393 g/mol. The molecule has 1 aliphatic rings. The number of nitrogens with one attached hydrogen (secondary N) is 1. The number of para-hydroxylation sites is 2. The van der Waals surface area contributed by atoms with Crippen molar-refractivity contribution in [2.45, 2.75) is 6.92 Å². The predicted molar refractivity (Wildman–Crippen MR) is 111 cm³/mol. The van der Waals surface area contributed by atoms with Crippen LogP contribution in [0.15, 0.2) is 53.2 Å². The summed E-state index contributed by atoms with van der Waals surface area (Å²) in [6.07, 6.45) is 1.66. The number of carbonyl (C=O) groups excluding carboxylic acids is 1. The number of benzene rings is 1. The number of piperazine rings is 1. The number of amides is 1. The van der Waals surface area contributed by atoms with Gasteiger partial charge in [0.2, 0.25) is 0 Å². The Bertz CT molecular complexity index is 995. The standard InChI is InChI=1S/C21H23N5O3/c1-15-13-19(24-29-15)23-21(27)16-7-8-22-20(14-16)26-11-9-25(10-12-26)17-5-3-4-6-18(17)28-2/h3-8,13-14H,9-12H2,1-2H3,(H,23,24,27). The summed E-state index contributed by atoms with van der Waals surface area (Å²) < 4.78 is 10.5. The van der Waals surface area contributed by atoms with Gasteiger partial charge in [0.25, 0.3) is 5.91 Å². The number of nitrogens with zero attached hydrogens (tertiary/aromatic N) is 4. The van der Waals surface area contributed by atoms with Gasteiger partial charge in [-0.05, 0) is 31.2 Å². The summed E-state index contributed by atoms with van der Waals surface area (Å²) in [5.41, 5.74) is 1.63. The van der Waals surface area contributed by atoms with E-state index in [-0.39, 0.29) is 5.91 Å². The van der Waals surface area contributed by atoms with Crippen molar-refractivity contribution in [2.24, 2.45) is 0 Å². The maximum Gasteiger partial charge on any atom is 0.257 e. The number of rotatable bonds is 5. The van der Waals surface area contributed by atoms with Crippen molar-refractivity contribution >= 4 is 23.2 Å². The highest BCUT2D eigenvalue weighted by Crippen LogP contribution is 2.29. The van der Waals surface area contributed by atoms with E-state index in [1.54, 1.807) is 38.4 Å². The SMILES string of the molecule is COc1ccccc1N1CCN(c2cc(C(=O)Nc3cc(C)on3)ccn2)CC1. The van der Waals surface area contributed by atoms with E-state index in [1.807, 2.05) is 18.2 Å². The van der Waals surface area contributed by atoms with Gasteiger partial charge in [0.05, 0.1) is 12.8 Å². The second-order valence-electron chi connectivity index (χ2n) is 6.83. The molecule has 1 aromatic carbocycles. The number of aryl methyl sites for hydroxylation is 1. The first-order valence-electron chi connectivity index (χ1n) is 9.47. The molecule has 8 heteroatoms. The molecule has 1 saturated heterocycles. The molecule has 1 aliphatic heterocycles. The fourth-order valence-electron chi connectivity index (χ4n) is 3.41. The molecule has 4 rings (SSSR count). The zero-order valence-electron chi connectivity index (χ0n) is 16.5. The molecule has 1 amide bonds. The van der Waals surface area contributed by atoms with Crippen LogP contribution in [0.4, 0.5) is 17.3 Å². The summed E-state index contributed by atoms with van der Waals surface area (Å²) in [4.78, 5) is 21.4. The minimum atomic E-state index is -0.241. The van der Waals surface area contributed by atoms with Crippen molar-refractivity contribution in [1.29, 1.82) is 0 Å². The van der Waals surface area contributed by atoms with Crippen LogP contribution in [0.25, 0.3) is 0 Å². The summed E-state index contributed by atoms with van der Waals surface area (Å²) in [7, 11) is 1.69. The second-order valence-corrected chi connectivity index (χ2v) is 6.83. The number of hydrogen-bond donors (Lipinski definition) is 1. The van der Waals surface area contributed by atoms with Crippen LogP contribution < -0.4 is 19.9 Å². The molecule has 29 heavy (non-hydrogen) atoms. The zero-order chi connectivity index (χ0) is 20.2. The minimum absolute atomic E-state index is 0.241. The summed E-state index contributed by atoms with van der Waals surface area (Å²) in [6.45, 7) is 5.07. The lowest BCUT2D eigenvalue weighted by Crippen LogP contribution is -2.47. The third-order valence-corrected chi connectivity index (χ3v) is 4.91. The van der Waals surface area contributed by atoms with Gasteiger partial charge in [-0.1, -0.05) is 17.3 Å². The Kier molecular flexibility index (Phi) is 5.33. The Labute approximate surface area is 169 Å². The van der Waals surface area contributed by atoms with E-state index >= 15 is 0 Å². The molecule has 3 heterocycles. The highest BCUT2D eigenvalue weighted by atomic mass is 16.5. The first-order valence-corrected chi connectivity index (χ1v) is 9.47. The third-order valence-electron chi connectivity index (χ3n) is 4.91. The molecule has 2 aromatic heterocycles. The second kappa shape index (κ2) is 8.22. The van der Waals surface area contributed by atoms with Gasteiger partial charge in [-0.15, -0.1) is 0 Å². The maximum absolute atomic E-state index is 12.5. The van der Waals surface area contributed by atoms with E-state index in [9.17, 15) is 4.79 Å². The van der Waals surface area contributed by atoms with Gasteiger partial charge in [-0.2, -0.15) is 0 Å². The van der Waals surface area contributed by atoms with Crippen molar-refractivity contribution in [3.63, 3.8) is 0 Å². The minimum Gasteiger partial charge on any atom is -0.495 e. The van der Waals surface area contributed by atoms with Crippen molar-refractivity contribution in [3.8, 4) is 5.75 Å².